The maximum atomic E-state index is 12.1. The summed E-state index contributed by atoms with van der Waals surface area (Å²) in [5, 5.41) is 0. The van der Waals surface area contributed by atoms with E-state index in [1.54, 1.807) is 4.31 Å². The van der Waals surface area contributed by atoms with Crippen molar-refractivity contribution in [3.63, 3.8) is 0 Å². The molecule has 0 bridgehead atoms. The van der Waals surface area contributed by atoms with Gasteiger partial charge in [-0.25, -0.2) is 8.42 Å². The molecule has 5 heteroatoms. The van der Waals surface area contributed by atoms with Gasteiger partial charge in [0.25, 0.3) is 0 Å². The molecule has 0 spiro atoms. The summed E-state index contributed by atoms with van der Waals surface area (Å²) in [6.45, 7) is 8.71. The fraction of sp³-hybridized carbons (Fsp3) is 1.00. The van der Waals surface area contributed by atoms with Gasteiger partial charge < -0.3 is 0 Å². The maximum Gasteiger partial charge on any atom is 0.215 e. The number of nitrogens with zero attached hydrogens (tertiary/aromatic N) is 1. The van der Waals surface area contributed by atoms with Gasteiger partial charge in [0.05, 0.1) is 5.75 Å². The highest BCUT2D eigenvalue weighted by Crippen LogP contribution is 2.16. The van der Waals surface area contributed by atoms with Crippen molar-refractivity contribution in [1.29, 1.82) is 0 Å². The van der Waals surface area contributed by atoms with Gasteiger partial charge in [0.15, 0.2) is 0 Å². The molecule has 0 aliphatic carbocycles. The quantitative estimate of drug-likeness (QED) is 0.636. The standard InChI is InChI=1S/C11H24ClNO2S/c1-5-11(6-2)13(9-10(3)4)16(14,15)8-7-12/h10-11H,5-9H2,1-4H3. The second kappa shape index (κ2) is 7.51. The predicted molar refractivity (Wildman–Crippen MR) is 70.4 cm³/mol. The topological polar surface area (TPSA) is 37.4 Å². The van der Waals surface area contributed by atoms with Gasteiger partial charge in [0.1, 0.15) is 0 Å². The Bertz CT molecular complexity index is 274. The van der Waals surface area contributed by atoms with Gasteiger partial charge in [-0.1, -0.05) is 27.7 Å². The highest BCUT2D eigenvalue weighted by atomic mass is 35.5. The van der Waals surface area contributed by atoms with Gasteiger partial charge in [-0.2, -0.15) is 4.31 Å². The Morgan fingerprint density at radius 1 is 1.19 bits per heavy atom. The molecule has 98 valence electrons. The minimum absolute atomic E-state index is 0.0395. The van der Waals surface area contributed by atoms with Gasteiger partial charge in [-0.15, -0.1) is 11.6 Å². The van der Waals surface area contributed by atoms with Crippen LogP contribution in [-0.2, 0) is 10.0 Å². The monoisotopic (exact) mass is 269 g/mol. The van der Waals surface area contributed by atoms with Crippen molar-refractivity contribution in [1.82, 2.24) is 4.31 Å². The summed E-state index contributed by atoms with van der Waals surface area (Å²) in [7, 11) is -3.19. The third-order valence-electron chi connectivity index (χ3n) is 2.59. The molecule has 0 aromatic rings. The third-order valence-corrected chi connectivity index (χ3v) is 4.88. The van der Waals surface area contributed by atoms with Crippen LogP contribution in [0.5, 0.6) is 0 Å². The van der Waals surface area contributed by atoms with E-state index in [-0.39, 0.29) is 17.7 Å². The van der Waals surface area contributed by atoms with Crippen LogP contribution in [0.2, 0.25) is 0 Å². The molecule has 0 saturated carbocycles. The van der Waals surface area contributed by atoms with Crippen molar-refractivity contribution < 1.29 is 8.42 Å². The SMILES string of the molecule is CCC(CC)N(CC(C)C)S(=O)(=O)CCCl. The Kier molecular flexibility index (Phi) is 7.61. The van der Waals surface area contributed by atoms with Crippen LogP contribution in [0.4, 0.5) is 0 Å². The molecule has 0 atom stereocenters. The number of sulfonamides is 1. The molecule has 3 nitrogen and oxygen atoms in total. The van der Waals surface area contributed by atoms with Crippen LogP contribution in [-0.4, -0.2) is 36.9 Å². The van der Waals surface area contributed by atoms with Crippen molar-refractivity contribution >= 4 is 21.6 Å². The first-order valence-electron chi connectivity index (χ1n) is 5.94. The molecule has 0 aliphatic rings. The van der Waals surface area contributed by atoms with E-state index in [0.717, 1.165) is 12.8 Å². The molecule has 0 rings (SSSR count). The Morgan fingerprint density at radius 2 is 1.69 bits per heavy atom. The van der Waals surface area contributed by atoms with Crippen molar-refractivity contribution in [2.75, 3.05) is 18.2 Å². The van der Waals surface area contributed by atoms with Crippen LogP contribution < -0.4 is 0 Å². The second-order valence-corrected chi connectivity index (χ2v) is 6.86. The van der Waals surface area contributed by atoms with E-state index >= 15 is 0 Å². The average molecular weight is 270 g/mol. The van der Waals surface area contributed by atoms with Crippen LogP contribution >= 0.6 is 11.6 Å². The molecule has 0 heterocycles. The smallest absolute Gasteiger partial charge is 0.212 e. The van der Waals surface area contributed by atoms with Crippen molar-refractivity contribution in [3.8, 4) is 0 Å². The number of rotatable bonds is 8. The Labute approximate surface area is 105 Å². The molecule has 0 aliphatic heterocycles. The van der Waals surface area contributed by atoms with E-state index in [2.05, 4.69) is 0 Å². The van der Waals surface area contributed by atoms with E-state index in [4.69, 9.17) is 11.6 Å². The summed E-state index contributed by atoms with van der Waals surface area (Å²) >= 11 is 5.55. The first-order chi connectivity index (χ1) is 7.38. The minimum Gasteiger partial charge on any atom is -0.212 e. The molecular formula is C11H24ClNO2S. The van der Waals surface area contributed by atoms with Gasteiger partial charge in [-0.05, 0) is 18.8 Å². The summed E-state index contributed by atoms with van der Waals surface area (Å²) in [5.41, 5.74) is 0. The van der Waals surface area contributed by atoms with Gasteiger partial charge in [0.2, 0.25) is 10.0 Å². The third kappa shape index (κ3) is 5.02. The van der Waals surface area contributed by atoms with Crippen LogP contribution in [0, 0.1) is 5.92 Å². The number of hydrogen-bond acceptors (Lipinski definition) is 2. The van der Waals surface area contributed by atoms with Crippen LogP contribution in [0.1, 0.15) is 40.5 Å². The molecule has 0 amide bonds. The lowest BCUT2D eigenvalue weighted by molar-refractivity contribution is 0.277. The van der Waals surface area contributed by atoms with Gasteiger partial charge in [0, 0.05) is 18.5 Å². The van der Waals surface area contributed by atoms with Crippen LogP contribution in [0.25, 0.3) is 0 Å². The Morgan fingerprint density at radius 3 is 2.00 bits per heavy atom. The zero-order valence-electron chi connectivity index (χ0n) is 10.7. The molecule has 0 aromatic carbocycles. The van der Waals surface area contributed by atoms with Gasteiger partial charge >= 0.3 is 0 Å². The first-order valence-corrected chi connectivity index (χ1v) is 8.08. The molecule has 16 heavy (non-hydrogen) atoms. The zero-order valence-corrected chi connectivity index (χ0v) is 12.3. The van der Waals surface area contributed by atoms with E-state index in [1.165, 1.54) is 0 Å². The molecule has 0 saturated heterocycles. The maximum absolute atomic E-state index is 12.1. The highest BCUT2D eigenvalue weighted by molar-refractivity contribution is 7.89. The summed E-state index contributed by atoms with van der Waals surface area (Å²) in [6.07, 6.45) is 1.70. The molecule has 0 aromatic heterocycles. The van der Waals surface area contributed by atoms with Gasteiger partial charge in [-0.3, -0.25) is 0 Å². The van der Waals surface area contributed by atoms with Crippen LogP contribution in [0.15, 0.2) is 0 Å². The van der Waals surface area contributed by atoms with Crippen molar-refractivity contribution in [3.05, 3.63) is 0 Å². The van der Waals surface area contributed by atoms with Crippen molar-refractivity contribution in [2.24, 2.45) is 5.92 Å². The minimum atomic E-state index is -3.19. The molecule has 0 N–H and O–H groups in total. The van der Waals surface area contributed by atoms with E-state index in [9.17, 15) is 8.42 Å². The van der Waals surface area contributed by atoms with E-state index < -0.39 is 10.0 Å². The largest absolute Gasteiger partial charge is 0.215 e. The lowest BCUT2D eigenvalue weighted by atomic mass is 10.1. The summed E-state index contributed by atoms with van der Waals surface area (Å²) in [5.74, 6) is 0.542. The summed E-state index contributed by atoms with van der Waals surface area (Å²) in [6, 6.07) is 0.107. The number of hydrogen-bond donors (Lipinski definition) is 0. The summed E-state index contributed by atoms with van der Waals surface area (Å²) < 4.78 is 25.8. The van der Waals surface area contributed by atoms with E-state index in [1.807, 2.05) is 27.7 Å². The zero-order chi connectivity index (χ0) is 12.8. The fourth-order valence-electron chi connectivity index (χ4n) is 1.76. The summed E-state index contributed by atoms with van der Waals surface area (Å²) in [4.78, 5) is 0. The van der Waals surface area contributed by atoms with Crippen molar-refractivity contribution in [2.45, 2.75) is 46.6 Å². The first kappa shape index (κ1) is 16.2. The Hall–Kier alpha value is 0.200. The second-order valence-electron chi connectivity index (χ2n) is 4.44. The molecule has 0 radical (unpaired) electrons. The molecule has 0 fully saturated rings. The predicted octanol–water partition coefficient (Wildman–Crippen LogP) is 2.70. The van der Waals surface area contributed by atoms with Crippen LogP contribution in [0.3, 0.4) is 0 Å². The lowest BCUT2D eigenvalue weighted by Gasteiger charge is -2.30. The normalized spacial score (nSPS) is 13.0. The fourth-order valence-corrected chi connectivity index (χ4v) is 4.05. The number of alkyl halides is 1. The highest BCUT2D eigenvalue weighted by Gasteiger charge is 2.27. The molecular weight excluding hydrogens is 246 g/mol. The average Bonchev–Trinajstić information content (AvgIpc) is 2.17. The number of halogens is 1. The molecule has 0 unspecified atom stereocenters. The lowest BCUT2D eigenvalue weighted by Crippen LogP contribution is -2.43. The van der Waals surface area contributed by atoms with E-state index in [0.29, 0.717) is 12.5 Å². The Balaban J connectivity index is 4.91.